The van der Waals surface area contributed by atoms with Crippen LogP contribution in [-0.2, 0) is 30.8 Å². The number of benzene rings is 1. The number of piperidine rings is 1. The van der Waals surface area contributed by atoms with E-state index in [0.29, 0.717) is 18.4 Å². The van der Waals surface area contributed by atoms with E-state index < -0.39 is 0 Å². The zero-order valence-corrected chi connectivity index (χ0v) is 16.6. The van der Waals surface area contributed by atoms with Gasteiger partial charge in [0.1, 0.15) is 0 Å². The summed E-state index contributed by atoms with van der Waals surface area (Å²) < 4.78 is 1.89. The van der Waals surface area contributed by atoms with Crippen molar-refractivity contribution in [2.45, 2.75) is 51.9 Å². The fourth-order valence-corrected chi connectivity index (χ4v) is 4.49. The Kier molecular flexibility index (Phi) is 5.73. The molecule has 2 aromatic rings. The lowest BCUT2D eigenvalue weighted by Crippen LogP contribution is -2.53. The third-order valence-electron chi connectivity index (χ3n) is 6.20. The predicted molar refractivity (Wildman–Crippen MR) is 107 cm³/mol. The number of carbonyl (C=O) groups is 1. The average Bonchev–Trinajstić information content (AvgIpc) is 3.20. The molecular weight excluding hydrogens is 352 g/mol. The molecule has 1 aromatic carbocycles. The van der Waals surface area contributed by atoms with Crippen LogP contribution in [0.25, 0.3) is 0 Å². The van der Waals surface area contributed by atoms with Crippen molar-refractivity contribution in [3.8, 4) is 0 Å². The Bertz CT molecular complexity index is 811. The second-order valence-corrected chi connectivity index (χ2v) is 7.96. The van der Waals surface area contributed by atoms with Gasteiger partial charge >= 0.3 is 0 Å². The van der Waals surface area contributed by atoms with Crippen molar-refractivity contribution in [1.82, 2.24) is 24.8 Å². The zero-order valence-electron chi connectivity index (χ0n) is 16.6. The van der Waals surface area contributed by atoms with E-state index in [1.807, 2.05) is 10.9 Å². The zero-order chi connectivity index (χ0) is 19.5. The number of carbonyl (C=O) groups excluding carboxylic acids is 1. The first-order valence-corrected chi connectivity index (χ1v) is 10.4. The summed E-state index contributed by atoms with van der Waals surface area (Å²) in [5, 5.41) is 8.21. The summed E-state index contributed by atoms with van der Waals surface area (Å²) in [5.74, 6) is 0.826. The summed E-state index contributed by atoms with van der Waals surface area (Å²) in [7, 11) is 0. The molecule has 1 aromatic heterocycles. The van der Waals surface area contributed by atoms with Gasteiger partial charge in [-0.3, -0.25) is 14.4 Å². The molecule has 0 aliphatic carbocycles. The number of hydrogen-bond acceptors (Lipinski definition) is 5. The molecule has 2 aliphatic heterocycles. The first-order chi connectivity index (χ1) is 13.7. The van der Waals surface area contributed by atoms with Gasteiger partial charge in [-0.15, -0.1) is 5.10 Å². The molecule has 0 spiro atoms. The molecular formula is C21H30N6O. The topological polar surface area (TPSA) is 80.3 Å². The first kappa shape index (κ1) is 19.1. The third-order valence-corrected chi connectivity index (χ3v) is 6.20. The summed E-state index contributed by atoms with van der Waals surface area (Å²) in [6.45, 7) is 6.86. The monoisotopic (exact) mass is 382 g/mol. The van der Waals surface area contributed by atoms with Crippen molar-refractivity contribution in [1.29, 1.82) is 0 Å². The highest BCUT2D eigenvalue weighted by atomic mass is 16.2. The van der Waals surface area contributed by atoms with Gasteiger partial charge in [0.15, 0.2) is 0 Å². The molecule has 7 nitrogen and oxygen atoms in total. The number of amides is 1. The first-order valence-electron chi connectivity index (χ1n) is 10.4. The SMILES string of the molecule is CCN1Cc2ccccc2CC1C(=O)N1CCC(Cn2cc(CN)nn2)CC1. The predicted octanol–water partition coefficient (Wildman–Crippen LogP) is 1.42. The van der Waals surface area contributed by atoms with Gasteiger partial charge in [-0.25, -0.2) is 0 Å². The number of nitrogens with two attached hydrogens (primary N) is 1. The molecule has 1 saturated heterocycles. The minimum absolute atomic E-state index is 0.0288. The van der Waals surface area contributed by atoms with Crippen LogP contribution in [-0.4, -0.2) is 56.4 Å². The standard InChI is InChI=1S/C21H30N6O/c1-2-25-14-18-6-4-3-5-17(18)11-20(25)21(28)26-9-7-16(8-10-26)13-27-15-19(12-22)23-24-27/h3-6,15-16,20H,2,7-14,22H2,1H3. The van der Waals surface area contributed by atoms with E-state index in [1.54, 1.807) is 0 Å². The van der Waals surface area contributed by atoms with Gasteiger partial charge in [-0.1, -0.05) is 36.4 Å². The molecule has 7 heteroatoms. The normalized spacial score (nSPS) is 20.9. The van der Waals surface area contributed by atoms with E-state index in [4.69, 9.17) is 5.73 Å². The number of fused-ring (bicyclic) bond motifs is 1. The highest BCUT2D eigenvalue weighted by Gasteiger charge is 2.34. The van der Waals surface area contributed by atoms with Crippen LogP contribution in [0.3, 0.4) is 0 Å². The van der Waals surface area contributed by atoms with Crippen LogP contribution >= 0.6 is 0 Å². The Labute approximate surface area is 166 Å². The molecule has 2 N–H and O–H groups in total. The number of aromatic nitrogens is 3. The molecule has 0 radical (unpaired) electrons. The number of rotatable bonds is 5. The van der Waals surface area contributed by atoms with Crippen molar-refractivity contribution >= 4 is 5.91 Å². The van der Waals surface area contributed by atoms with Crippen molar-refractivity contribution in [2.75, 3.05) is 19.6 Å². The molecule has 28 heavy (non-hydrogen) atoms. The molecule has 150 valence electrons. The molecule has 1 atom stereocenters. The lowest BCUT2D eigenvalue weighted by atomic mass is 9.91. The van der Waals surface area contributed by atoms with Gasteiger partial charge < -0.3 is 10.6 Å². The molecule has 3 heterocycles. The van der Waals surface area contributed by atoms with Crippen LogP contribution in [0.2, 0.25) is 0 Å². The van der Waals surface area contributed by atoms with Gasteiger partial charge in [0.05, 0.1) is 11.7 Å². The largest absolute Gasteiger partial charge is 0.341 e. The maximum Gasteiger partial charge on any atom is 0.240 e. The van der Waals surface area contributed by atoms with Crippen molar-refractivity contribution in [3.63, 3.8) is 0 Å². The minimum atomic E-state index is -0.0288. The van der Waals surface area contributed by atoms with E-state index in [0.717, 1.165) is 57.7 Å². The van der Waals surface area contributed by atoms with Crippen molar-refractivity contribution in [3.05, 3.63) is 47.3 Å². The maximum atomic E-state index is 13.3. The van der Waals surface area contributed by atoms with Crippen LogP contribution in [0.5, 0.6) is 0 Å². The summed E-state index contributed by atoms with van der Waals surface area (Å²) in [4.78, 5) is 17.7. The number of likely N-dealkylation sites (N-methyl/N-ethyl adjacent to an activating group) is 1. The van der Waals surface area contributed by atoms with Crippen LogP contribution < -0.4 is 5.73 Å². The summed E-state index contributed by atoms with van der Waals surface area (Å²) in [6.07, 6.45) is 4.78. The molecule has 1 amide bonds. The van der Waals surface area contributed by atoms with E-state index in [1.165, 1.54) is 11.1 Å². The highest BCUT2D eigenvalue weighted by Crippen LogP contribution is 2.26. The Hall–Kier alpha value is -2.25. The number of hydrogen-bond donors (Lipinski definition) is 1. The summed E-state index contributed by atoms with van der Waals surface area (Å²) in [5.41, 5.74) is 9.11. The third kappa shape index (κ3) is 3.95. The van der Waals surface area contributed by atoms with Crippen LogP contribution in [0.4, 0.5) is 0 Å². The summed E-state index contributed by atoms with van der Waals surface area (Å²) >= 11 is 0. The van der Waals surface area contributed by atoms with Crippen molar-refractivity contribution in [2.24, 2.45) is 11.7 Å². The quantitative estimate of drug-likeness (QED) is 0.846. The van der Waals surface area contributed by atoms with Gasteiger partial charge in [-0.05, 0) is 42.9 Å². The molecule has 0 bridgehead atoms. The van der Waals surface area contributed by atoms with Crippen LogP contribution in [0.15, 0.2) is 30.5 Å². The fourth-order valence-electron chi connectivity index (χ4n) is 4.49. The van der Waals surface area contributed by atoms with E-state index >= 15 is 0 Å². The van der Waals surface area contributed by atoms with Gasteiger partial charge in [0.25, 0.3) is 0 Å². The Balaban J connectivity index is 1.35. The molecule has 1 fully saturated rings. The van der Waals surface area contributed by atoms with Gasteiger partial charge in [0.2, 0.25) is 5.91 Å². The average molecular weight is 383 g/mol. The Morgan fingerprint density at radius 1 is 1.21 bits per heavy atom. The van der Waals surface area contributed by atoms with E-state index in [-0.39, 0.29) is 6.04 Å². The minimum Gasteiger partial charge on any atom is -0.341 e. The van der Waals surface area contributed by atoms with Gasteiger partial charge in [-0.2, -0.15) is 0 Å². The van der Waals surface area contributed by atoms with E-state index in [9.17, 15) is 4.79 Å². The van der Waals surface area contributed by atoms with Crippen LogP contribution in [0.1, 0.15) is 36.6 Å². The van der Waals surface area contributed by atoms with Crippen LogP contribution in [0, 0.1) is 5.92 Å². The smallest absolute Gasteiger partial charge is 0.240 e. The second-order valence-electron chi connectivity index (χ2n) is 7.96. The van der Waals surface area contributed by atoms with E-state index in [2.05, 4.69) is 51.3 Å². The molecule has 0 saturated carbocycles. The number of nitrogens with zero attached hydrogens (tertiary/aromatic N) is 5. The Morgan fingerprint density at radius 3 is 2.64 bits per heavy atom. The lowest BCUT2D eigenvalue weighted by molar-refractivity contribution is -0.139. The summed E-state index contributed by atoms with van der Waals surface area (Å²) in [6, 6.07) is 8.49. The second kappa shape index (κ2) is 8.41. The highest BCUT2D eigenvalue weighted by molar-refractivity contribution is 5.82. The van der Waals surface area contributed by atoms with Crippen molar-refractivity contribution < 1.29 is 4.79 Å². The fraction of sp³-hybridized carbons (Fsp3) is 0.571. The maximum absolute atomic E-state index is 13.3. The molecule has 4 rings (SSSR count). The lowest BCUT2D eigenvalue weighted by Gasteiger charge is -2.40. The Morgan fingerprint density at radius 2 is 1.96 bits per heavy atom. The van der Waals surface area contributed by atoms with Gasteiger partial charge in [0, 0.05) is 38.9 Å². The number of likely N-dealkylation sites (tertiary alicyclic amines) is 1. The molecule has 2 aliphatic rings. The molecule has 1 unspecified atom stereocenters.